The molecule has 1 saturated heterocycles. The lowest BCUT2D eigenvalue weighted by atomic mass is 10.2. The van der Waals surface area contributed by atoms with Gasteiger partial charge in [-0.15, -0.1) is 0 Å². The van der Waals surface area contributed by atoms with Crippen LogP contribution in [0, 0.1) is 0 Å². The number of hydrogen-bond acceptors (Lipinski definition) is 5. The number of ether oxygens (including phenoxy) is 4. The first-order valence-electron chi connectivity index (χ1n) is 7.23. The summed E-state index contributed by atoms with van der Waals surface area (Å²) >= 11 is 0. The molecule has 5 heteroatoms. The molecule has 0 bridgehead atoms. The average Bonchev–Trinajstić information content (AvgIpc) is 2.80. The fraction of sp³-hybridized carbons (Fsp3) is 0.471. The third kappa shape index (κ3) is 4.94. The molecular weight excluding hydrogens is 284 g/mol. The second kappa shape index (κ2) is 7.54. The van der Waals surface area contributed by atoms with Crippen LogP contribution < -0.4 is 0 Å². The van der Waals surface area contributed by atoms with E-state index in [4.69, 9.17) is 14.2 Å². The minimum atomic E-state index is -0.702. The summed E-state index contributed by atoms with van der Waals surface area (Å²) in [6.07, 6.45) is 2.39. The first-order chi connectivity index (χ1) is 10.5. The Morgan fingerprint density at radius 3 is 2.68 bits per heavy atom. The molecule has 1 aliphatic rings. The third-order valence-corrected chi connectivity index (χ3v) is 3.24. The first-order valence-corrected chi connectivity index (χ1v) is 7.23. The summed E-state index contributed by atoms with van der Waals surface area (Å²) in [4.78, 5) is 11.2. The lowest BCUT2D eigenvalue weighted by Crippen LogP contribution is -2.26. The molecule has 0 unspecified atom stereocenters. The van der Waals surface area contributed by atoms with Crippen LogP contribution in [0.5, 0.6) is 0 Å². The molecule has 2 rings (SSSR count). The van der Waals surface area contributed by atoms with Gasteiger partial charge in [-0.2, -0.15) is 0 Å². The molecule has 1 fully saturated rings. The summed E-state index contributed by atoms with van der Waals surface area (Å²) in [6, 6.07) is 9.92. The van der Waals surface area contributed by atoms with Crippen molar-refractivity contribution in [1.29, 1.82) is 0 Å². The van der Waals surface area contributed by atoms with Crippen molar-refractivity contribution in [3.63, 3.8) is 0 Å². The van der Waals surface area contributed by atoms with E-state index in [1.54, 1.807) is 6.08 Å². The van der Waals surface area contributed by atoms with Crippen molar-refractivity contribution in [1.82, 2.24) is 0 Å². The van der Waals surface area contributed by atoms with Gasteiger partial charge in [0, 0.05) is 6.08 Å². The summed E-state index contributed by atoms with van der Waals surface area (Å²) in [5, 5.41) is 0. The summed E-state index contributed by atoms with van der Waals surface area (Å²) < 4.78 is 21.9. The topological polar surface area (TPSA) is 54.0 Å². The van der Waals surface area contributed by atoms with Gasteiger partial charge >= 0.3 is 5.97 Å². The molecule has 22 heavy (non-hydrogen) atoms. The summed E-state index contributed by atoms with van der Waals surface area (Å²) in [5.41, 5.74) is 1.10. The van der Waals surface area contributed by atoms with Gasteiger partial charge in [-0.1, -0.05) is 30.3 Å². The molecule has 1 heterocycles. The standard InChI is InChI=1S/C17H22O5/c1-17(2)21-14(9-10-16(18)19-3)15(22-17)12-20-11-13-7-5-4-6-8-13/h4-10,14-15H,11-12H2,1-3H3/b10-9+/t14-,15+/m0/s1. The Kier molecular flexibility index (Phi) is 5.71. The van der Waals surface area contributed by atoms with Crippen molar-refractivity contribution < 1.29 is 23.7 Å². The fourth-order valence-electron chi connectivity index (χ4n) is 2.26. The van der Waals surface area contributed by atoms with Crippen molar-refractivity contribution in [2.24, 2.45) is 0 Å². The van der Waals surface area contributed by atoms with Crippen LogP contribution >= 0.6 is 0 Å². The highest BCUT2D eigenvalue weighted by atomic mass is 16.8. The van der Waals surface area contributed by atoms with Crippen molar-refractivity contribution in [2.75, 3.05) is 13.7 Å². The average molecular weight is 306 g/mol. The number of hydrogen-bond donors (Lipinski definition) is 0. The van der Waals surface area contributed by atoms with Gasteiger partial charge < -0.3 is 18.9 Å². The molecule has 0 saturated carbocycles. The van der Waals surface area contributed by atoms with Gasteiger partial charge in [-0.3, -0.25) is 0 Å². The van der Waals surface area contributed by atoms with E-state index in [9.17, 15) is 4.79 Å². The molecular formula is C17H22O5. The predicted molar refractivity (Wildman–Crippen MR) is 81.1 cm³/mol. The van der Waals surface area contributed by atoms with E-state index in [1.807, 2.05) is 44.2 Å². The normalized spacial score (nSPS) is 23.8. The first kappa shape index (κ1) is 16.7. The van der Waals surface area contributed by atoms with E-state index in [1.165, 1.54) is 13.2 Å². The van der Waals surface area contributed by atoms with Crippen LogP contribution in [0.1, 0.15) is 19.4 Å². The van der Waals surface area contributed by atoms with Gasteiger partial charge in [0.25, 0.3) is 0 Å². The molecule has 0 N–H and O–H groups in total. The van der Waals surface area contributed by atoms with E-state index in [0.29, 0.717) is 13.2 Å². The maximum absolute atomic E-state index is 11.2. The van der Waals surface area contributed by atoms with Crippen molar-refractivity contribution in [2.45, 2.75) is 38.4 Å². The lowest BCUT2D eigenvalue weighted by Gasteiger charge is -2.16. The predicted octanol–water partition coefficient (Wildman–Crippen LogP) is 2.45. The minimum absolute atomic E-state index is 0.264. The molecule has 1 aliphatic heterocycles. The SMILES string of the molecule is COC(=O)/C=C/[C@@H]1OC(C)(C)O[C@@H]1COCc1ccccc1. The van der Waals surface area contributed by atoms with E-state index in [2.05, 4.69) is 4.74 Å². The quantitative estimate of drug-likeness (QED) is 0.597. The van der Waals surface area contributed by atoms with Gasteiger partial charge in [-0.05, 0) is 25.5 Å². The number of carbonyl (C=O) groups excluding carboxylic acids is 1. The van der Waals surface area contributed by atoms with Gasteiger partial charge in [0.1, 0.15) is 12.2 Å². The molecule has 2 atom stereocenters. The molecule has 0 aliphatic carbocycles. The Morgan fingerprint density at radius 1 is 1.27 bits per heavy atom. The number of benzene rings is 1. The minimum Gasteiger partial charge on any atom is -0.466 e. The van der Waals surface area contributed by atoms with Crippen molar-refractivity contribution >= 4 is 5.97 Å². The molecule has 0 aromatic heterocycles. The van der Waals surface area contributed by atoms with Crippen LogP contribution in [0.2, 0.25) is 0 Å². The maximum atomic E-state index is 11.2. The molecule has 1 aromatic rings. The highest BCUT2D eigenvalue weighted by Gasteiger charge is 2.40. The number of carbonyl (C=O) groups is 1. The molecule has 0 radical (unpaired) electrons. The van der Waals surface area contributed by atoms with Gasteiger partial charge in [0.05, 0.1) is 20.3 Å². The van der Waals surface area contributed by atoms with E-state index >= 15 is 0 Å². The molecule has 120 valence electrons. The zero-order chi connectivity index (χ0) is 16.0. The Hall–Kier alpha value is -1.69. The highest BCUT2D eigenvalue weighted by Crippen LogP contribution is 2.29. The number of rotatable bonds is 6. The van der Waals surface area contributed by atoms with Crippen LogP contribution in [0.4, 0.5) is 0 Å². The van der Waals surface area contributed by atoms with Crippen LogP contribution in [0.25, 0.3) is 0 Å². The zero-order valence-electron chi connectivity index (χ0n) is 13.2. The smallest absolute Gasteiger partial charge is 0.330 e. The highest BCUT2D eigenvalue weighted by molar-refractivity contribution is 5.81. The monoisotopic (exact) mass is 306 g/mol. The van der Waals surface area contributed by atoms with E-state index < -0.39 is 11.8 Å². The Labute approximate surface area is 130 Å². The second-order valence-corrected chi connectivity index (χ2v) is 5.52. The maximum Gasteiger partial charge on any atom is 0.330 e. The molecule has 1 aromatic carbocycles. The van der Waals surface area contributed by atoms with Gasteiger partial charge in [-0.25, -0.2) is 4.79 Å². The molecule has 0 amide bonds. The van der Waals surface area contributed by atoms with Crippen LogP contribution in [-0.4, -0.2) is 37.7 Å². The zero-order valence-corrected chi connectivity index (χ0v) is 13.2. The van der Waals surface area contributed by atoms with E-state index in [-0.39, 0.29) is 12.2 Å². The summed E-state index contributed by atoms with van der Waals surface area (Å²) in [6.45, 7) is 4.56. The van der Waals surface area contributed by atoms with Crippen LogP contribution in [-0.2, 0) is 30.3 Å². The van der Waals surface area contributed by atoms with Crippen molar-refractivity contribution in [3.05, 3.63) is 48.0 Å². The van der Waals surface area contributed by atoms with Crippen LogP contribution in [0.15, 0.2) is 42.5 Å². The largest absolute Gasteiger partial charge is 0.466 e. The summed E-state index contributed by atoms with van der Waals surface area (Å²) in [7, 11) is 1.34. The number of esters is 1. The molecule has 5 nitrogen and oxygen atoms in total. The second-order valence-electron chi connectivity index (χ2n) is 5.52. The third-order valence-electron chi connectivity index (χ3n) is 3.24. The number of methoxy groups -OCH3 is 1. The van der Waals surface area contributed by atoms with Crippen molar-refractivity contribution in [3.8, 4) is 0 Å². The Balaban J connectivity index is 1.89. The van der Waals surface area contributed by atoms with Gasteiger partial charge in [0.15, 0.2) is 5.79 Å². The summed E-state index contributed by atoms with van der Waals surface area (Å²) in [5.74, 6) is -1.12. The van der Waals surface area contributed by atoms with E-state index in [0.717, 1.165) is 5.56 Å². The lowest BCUT2D eigenvalue weighted by molar-refractivity contribution is -0.149. The fourth-order valence-corrected chi connectivity index (χ4v) is 2.26. The Morgan fingerprint density at radius 2 is 2.00 bits per heavy atom. The van der Waals surface area contributed by atoms with Crippen LogP contribution in [0.3, 0.4) is 0 Å². The van der Waals surface area contributed by atoms with Gasteiger partial charge in [0.2, 0.25) is 0 Å². The Bertz CT molecular complexity index is 509. The molecule has 0 spiro atoms.